The van der Waals surface area contributed by atoms with Crippen LogP contribution >= 0.6 is 11.8 Å². The molecule has 1 saturated heterocycles. The van der Waals surface area contributed by atoms with Crippen molar-refractivity contribution in [1.82, 2.24) is 4.90 Å². The van der Waals surface area contributed by atoms with Gasteiger partial charge >= 0.3 is 0 Å². The van der Waals surface area contributed by atoms with Crippen molar-refractivity contribution in [3.63, 3.8) is 0 Å². The van der Waals surface area contributed by atoms with Crippen LogP contribution in [0.25, 0.3) is 0 Å². The SMILES string of the molecule is CC(CCN)SC(C)C(=O)N1CCCCC1. The van der Waals surface area contributed by atoms with E-state index in [-0.39, 0.29) is 5.25 Å². The van der Waals surface area contributed by atoms with Crippen LogP contribution in [0.3, 0.4) is 0 Å². The molecule has 2 N–H and O–H groups in total. The van der Waals surface area contributed by atoms with Gasteiger partial charge in [-0.15, -0.1) is 11.8 Å². The lowest BCUT2D eigenvalue weighted by Crippen LogP contribution is -2.40. The van der Waals surface area contributed by atoms with Crippen molar-refractivity contribution in [2.45, 2.75) is 50.0 Å². The number of carbonyl (C=O) groups excluding carboxylic acids is 1. The summed E-state index contributed by atoms with van der Waals surface area (Å²) in [5, 5.41) is 0.563. The molecule has 0 bridgehead atoms. The first-order chi connectivity index (χ1) is 7.65. The number of hydrogen-bond acceptors (Lipinski definition) is 3. The number of likely N-dealkylation sites (tertiary alicyclic amines) is 1. The summed E-state index contributed by atoms with van der Waals surface area (Å²) in [5.41, 5.74) is 5.52. The second-order valence-corrected chi connectivity index (χ2v) is 6.34. The standard InChI is InChI=1S/C12H24N2OS/c1-10(6-7-13)16-11(2)12(15)14-8-4-3-5-9-14/h10-11H,3-9,13H2,1-2H3. The van der Waals surface area contributed by atoms with Gasteiger partial charge < -0.3 is 10.6 Å². The molecule has 1 fully saturated rings. The molecule has 1 aliphatic rings. The Bertz CT molecular complexity index is 217. The zero-order chi connectivity index (χ0) is 12.0. The zero-order valence-corrected chi connectivity index (χ0v) is 11.3. The Labute approximate surface area is 103 Å². The van der Waals surface area contributed by atoms with Crippen molar-refractivity contribution in [3.8, 4) is 0 Å². The summed E-state index contributed by atoms with van der Waals surface area (Å²) in [4.78, 5) is 14.1. The fourth-order valence-electron chi connectivity index (χ4n) is 2.08. The molecule has 3 nitrogen and oxygen atoms in total. The first-order valence-corrected chi connectivity index (χ1v) is 7.23. The molecule has 2 unspecified atom stereocenters. The van der Waals surface area contributed by atoms with Crippen LogP contribution in [0.15, 0.2) is 0 Å². The molecule has 94 valence electrons. The minimum absolute atomic E-state index is 0.0830. The predicted octanol–water partition coefficient (Wildman–Crippen LogP) is 1.86. The van der Waals surface area contributed by atoms with E-state index >= 15 is 0 Å². The van der Waals surface area contributed by atoms with E-state index in [0.29, 0.717) is 17.7 Å². The molecule has 0 aromatic rings. The molecule has 0 radical (unpaired) electrons. The van der Waals surface area contributed by atoms with E-state index in [9.17, 15) is 4.79 Å². The van der Waals surface area contributed by atoms with E-state index in [4.69, 9.17) is 5.73 Å². The fourth-order valence-corrected chi connectivity index (χ4v) is 3.32. The molecule has 16 heavy (non-hydrogen) atoms. The maximum absolute atomic E-state index is 12.1. The average Bonchev–Trinajstić information content (AvgIpc) is 2.29. The highest BCUT2D eigenvalue weighted by atomic mass is 32.2. The normalized spacial score (nSPS) is 20.6. The quantitative estimate of drug-likeness (QED) is 0.803. The topological polar surface area (TPSA) is 46.3 Å². The van der Waals surface area contributed by atoms with Crippen LogP contribution in [0.5, 0.6) is 0 Å². The summed E-state index contributed by atoms with van der Waals surface area (Å²) in [6.45, 7) is 6.79. The van der Waals surface area contributed by atoms with Gasteiger partial charge in [-0.25, -0.2) is 0 Å². The molecule has 4 heteroatoms. The molecule has 2 atom stereocenters. The average molecular weight is 244 g/mol. The number of amides is 1. The van der Waals surface area contributed by atoms with Crippen molar-refractivity contribution < 1.29 is 4.79 Å². The first kappa shape index (κ1) is 13.8. The third kappa shape index (κ3) is 4.34. The summed E-state index contributed by atoms with van der Waals surface area (Å²) in [6.07, 6.45) is 4.60. The van der Waals surface area contributed by atoms with E-state index < -0.39 is 0 Å². The number of rotatable bonds is 5. The van der Waals surface area contributed by atoms with Gasteiger partial charge in [0.1, 0.15) is 0 Å². The Hall–Kier alpha value is -0.220. The fraction of sp³-hybridized carbons (Fsp3) is 0.917. The van der Waals surface area contributed by atoms with Crippen molar-refractivity contribution in [2.75, 3.05) is 19.6 Å². The molecule has 0 saturated carbocycles. The molecule has 1 rings (SSSR count). The molecule has 1 aliphatic heterocycles. The molecule has 0 spiro atoms. The molecule has 1 amide bonds. The van der Waals surface area contributed by atoms with E-state index in [1.807, 2.05) is 11.8 Å². The highest BCUT2D eigenvalue weighted by molar-refractivity contribution is 8.01. The van der Waals surface area contributed by atoms with Crippen LogP contribution < -0.4 is 5.73 Å². The Balaban J connectivity index is 2.34. The van der Waals surface area contributed by atoms with Gasteiger partial charge in [0.25, 0.3) is 0 Å². The molecule has 0 aromatic heterocycles. The van der Waals surface area contributed by atoms with Crippen LogP contribution in [0, 0.1) is 0 Å². The lowest BCUT2D eigenvalue weighted by molar-refractivity contribution is -0.131. The third-order valence-corrected chi connectivity index (χ3v) is 4.34. The van der Waals surface area contributed by atoms with E-state index in [2.05, 4.69) is 6.92 Å². The van der Waals surface area contributed by atoms with Crippen LogP contribution in [0.1, 0.15) is 39.5 Å². The van der Waals surface area contributed by atoms with Crippen LogP contribution in [0.2, 0.25) is 0 Å². The maximum atomic E-state index is 12.1. The highest BCUT2D eigenvalue weighted by Crippen LogP contribution is 2.22. The van der Waals surface area contributed by atoms with Crippen LogP contribution in [0.4, 0.5) is 0 Å². The second kappa shape index (κ2) is 7.17. The van der Waals surface area contributed by atoms with E-state index in [0.717, 1.165) is 19.5 Å². The van der Waals surface area contributed by atoms with Crippen molar-refractivity contribution in [3.05, 3.63) is 0 Å². The van der Waals surface area contributed by atoms with Crippen LogP contribution in [-0.4, -0.2) is 40.9 Å². The minimum atomic E-state index is 0.0830. The molecule has 0 aromatic carbocycles. The second-order valence-electron chi connectivity index (χ2n) is 4.55. The van der Waals surface area contributed by atoms with E-state index in [1.165, 1.54) is 19.3 Å². The third-order valence-electron chi connectivity index (χ3n) is 3.03. The molecule has 0 aliphatic carbocycles. The van der Waals surface area contributed by atoms with Gasteiger partial charge in [0.15, 0.2) is 0 Å². The Morgan fingerprint density at radius 1 is 1.31 bits per heavy atom. The Morgan fingerprint density at radius 3 is 2.50 bits per heavy atom. The summed E-state index contributed by atoms with van der Waals surface area (Å²) >= 11 is 1.75. The lowest BCUT2D eigenvalue weighted by atomic mass is 10.1. The van der Waals surface area contributed by atoms with Gasteiger partial charge in [-0.3, -0.25) is 4.79 Å². The number of nitrogens with two attached hydrogens (primary N) is 1. The van der Waals surface area contributed by atoms with Gasteiger partial charge in [0.05, 0.1) is 5.25 Å². The smallest absolute Gasteiger partial charge is 0.235 e. The Morgan fingerprint density at radius 2 is 1.94 bits per heavy atom. The van der Waals surface area contributed by atoms with Crippen molar-refractivity contribution >= 4 is 17.7 Å². The lowest BCUT2D eigenvalue weighted by Gasteiger charge is -2.29. The van der Waals surface area contributed by atoms with Crippen molar-refractivity contribution in [1.29, 1.82) is 0 Å². The monoisotopic (exact) mass is 244 g/mol. The molecular formula is C12H24N2OS. The van der Waals surface area contributed by atoms with E-state index in [1.54, 1.807) is 11.8 Å². The zero-order valence-electron chi connectivity index (χ0n) is 10.4. The molecular weight excluding hydrogens is 220 g/mol. The Kier molecular flexibility index (Phi) is 6.21. The summed E-state index contributed by atoms with van der Waals surface area (Å²) in [7, 11) is 0. The number of nitrogens with zero attached hydrogens (tertiary/aromatic N) is 1. The number of piperidine rings is 1. The van der Waals surface area contributed by atoms with Crippen LogP contribution in [-0.2, 0) is 4.79 Å². The number of hydrogen-bond donors (Lipinski definition) is 1. The van der Waals surface area contributed by atoms with Gasteiger partial charge in [0.2, 0.25) is 5.91 Å². The molecule has 1 heterocycles. The first-order valence-electron chi connectivity index (χ1n) is 6.29. The van der Waals surface area contributed by atoms with Gasteiger partial charge in [0, 0.05) is 18.3 Å². The predicted molar refractivity (Wildman–Crippen MR) is 70.6 cm³/mol. The van der Waals surface area contributed by atoms with Gasteiger partial charge in [-0.1, -0.05) is 6.92 Å². The summed E-state index contributed by atoms with van der Waals surface area (Å²) < 4.78 is 0. The minimum Gasteiger partial charge on any atom is -0.342 e. The van der Waals surface area contributed by atoms with Gasteiger partial charge in [-0.2, -0.15) is 0 Å². The number of carbonyl (C=O) groups is 1. The van der Waals surface area contributed by atoms with Crippen molar-refractivity contribution in [2.24, 2.45) is 5.73 Å². The largest absolute Gasteiger partial charge is 0.342 e. The number of thioether (sulfide) groups is 1. The maximum Gasteiger partial charge on any atom is 0.235 e. The van der Waals surface area contributed by atoms with Gasteiger partial charge in [-0.05, 0) is 39.2 Å². The summed E-state index contributed by atoms with van der Waals surface area (Å²) in [5.74, 6) is 0.313. The summed E-state index contributed by atoms with van der Waals surface area (Å²) in [6, 6.07) is 0. The highest BCUT2D eigenvalue weighted by Gasteiger charge is 2.23.